The van der Waals surface area contributed by atoms with Crippen molar-refractivity contribution >= 4 is 11.8 Å². The van der Waals surface area contributed by atoms with E-state index >= 15 is 0 Å². The molecule has 4 N–H and O–H groups in total. The summed E-state index contributed by atoms with van der Waals surface area (Å²) in [5, 5.41) is 0. The molecule has 0 aliphatic heterocycles. The highest BCUT2D eigenvalue weighted by molar-refractivity contribution is 5.40. The van der Waals surface area contributed by atoms with Crippen LogP contribution in [-0.4, -0.2) is 9.97 Å². The van der Waals surface area contributed by atoms with Gasteiger partial charge in [-0.25, -0.2) is 4.39 Å². The van der Waals surface area contributed by atoms with Crippen molar-refractivity contribution in [1.82, 2.24) is 9.97 Å². The molecule has 0 saturated carbocycles. The number of nitrogens with two attached hydrogens (primary N) is 2. The van der Waals surface area contributed by atoms with E-state index in [9.17, 15) is 8.78 Å². The lowest BCUT2D eigenvalue weighted by molar-refractivity contribution is 0.405. The molecule has 1 heterocycles. The second-order valence-corrected chi connectivity index (χ2v) is 3.14. The lowest BCUT2D eigenvalue weighted by atomic mass is 10.3. The zero-order valence-electron chi connectivity index (χ0n) is 8.52. The molecule has 88 valence electrons. The maximum Gasteiger partial charge on any atom is 0.226 e. The van der Waals surface area contributed by atoms with Crippen LogP contribution in [0, 0.1) is 11.6 Å². The van der Waals surface area contributed by atoms with Crippen LogP contribution in [0.1, 0.15) is 0 Å². The number of nitrogen functional groups attached to an aromatic ring is 2. The lowest BCUT2D eigenvalue weighted by Crippen LogP contribution is -2.01. The average Bonchev–Trinajstić information content (AvgIpc) is 2.23. The smallest absolute Gasteiger partial charge is 0.226 e. The van der Waals surface area contributed by atoms with Gasteiger partial charge in [-0.05, 0) is 12.1 Å². The second kappa shape index (κ2) is 4.20. The fraction of sp³-hybridized carbons (Fsp3) is 0. The van der Waals surface area contributed by atoms with E-state index in [-0.39, 0.29) is 23.4 Å². The predicted molar refractivity (Wildman–Crippen MR) is 57.3 cm³/mol. The normalized spacial score (nSPS) is 10.2. The molecule has 0 atom stereocenters. The van der Waals surface area contributed by atoms with Crippen molar-refractivity contribution in [2.75, 3.05) is 11.5 Å². The third-order valence-electron chi connectivity index (χ3n) is 1.87. The summed E-state index contributed by atoms with van der Waals surface area (Å²) in [4.78, 5) is 7.29. The number of anilines is 2. The van der Waals surface area contributed by atoms with Gasteiger partial charge < -0.3 is 16.2 Å². The van der Waals surface area contributed by atoms with E-state index in [1.54, 1.807) is 0 Å². The average molecular weight is 238 g/mol. The van der Waals surface area contributed by atoms with Crippen molar-refractivity contribution in [3.63, 3.8) is 0 Å². The number of rotatable bonds is 2. The van der Waals surface area contributed by atoms with E-state index in [1.807, 2.05) is 0 Å². The molecule has 17 heavy (non-hydrogen) atoms. The number of aromatic nitrogens is 2. The Morgan fingerprint density at radius 3 is 2.59 bits per heavy atom. The first-order chi connectivity index (χ1) is 8.06. The summed E-state index contributed by atoms with van der Waals surface area (Å²) in [5.74, 6) is -2.52. The van der Waals surface area contributed by atoms with Crippen LogP contribution in [0.4, 0.5) is 20.5 Å². The Balaban J connectivity index is 2.34. The highest BCUT2D eigenvalue weighted by Crippen LogP contribution is 2.25. The molecular formula is C10H8F2N4O. The standard InChI is InChI=1S/C10H8F2N4O/c11-5-2-1-3-6(9(5)12)17-8-4-7(13)15-10(14)16-8/h1-4H,(H4,13,14,15,16). The first-order valence-corrected chi connectivity index (χ1v) is 4.58. The largest absolute Gasteiger partial charge is 0.436 e. The van der Waals surface area contributed by atoms with E-state index in [0.717, 1.165) is 6.07 Å². The molecule has 1 aromatic heterocycles. The first kappa shape index (κ1) is 11.1. The molecule has 0 aliphatic carbocycles. The van der Waals surface area contributed by atoms with Gasteiger partial charge in [0.25, 0.3) is 0 Å². The van der Waals surface area contributed by atoms with Gasteiger partial charge in [0.1, 0.15) is 5.82 Å². The van der Waals surface area contributed by atoms with Gasteiger partial charge in [-0.3, -0.25) is 0 Å². The van der Waals surface area contributed by atoms with Crippen molar-refractivity contribution in [1.29, 1.82) is 0 Å². The van der Waals surface area contributed by atoms with Crippen LogP contribution < -0.4 is 16.2 Å². The SMILES string of the molecule is Nc1cc(Oc2cccc(F)c2F)nc(N)n1. The molecule has 0 unspecified atom stereocenters. The number of halogens is 2. The van der Waals surface area contributed by atoms with Crippen molar-refractivity contribution < 1.29 is 13.5 Å². The van der Waals surface area contributed by atoms with E-state index in [1.165, 1.54) is 18.2 Å². The molecule has 0 radical (unpaired) electrons. The van der Waals surface area contributed by atoms with Gasteiger partial charge >= 0.3 is 0 Å². The quantitative estimate of drug-likeness (QED) is 0.831. The number of benzene rings is 1. The Morgan fingerprint density at radius 1 is 1.12 bits per heavy atom. The topological polar surface area (TPSA) is 87.0 Å². The van der Waals surface area contributed by atoms with Crippen molar-refractivity contribution in [3.8, 4) is 11.6 Å². The molecule has 1 aromatic carbocycles. The van der Waals surface area contributed by atoms with Gasteiger partial charge in [0.2, 0.25) is 17.6 Å². The van der Waals surface area contributed by atoms with Crippen molar-refractivity contribution in [2.45, 2.75) is 0 Å². The second-order valence-electron chi connectivity index (χ2n) is 3.14. The van der Waals surface area contributed by atoms with E-state index in [2.05, 4.69) is 9.97 Å². The third kappa shape index (κ3) is 2.39. The fourth-order valence-corrected chi connectivity index (χ4v) is 1.19. The lowest BCUT2D eigenvalue weighted by Gasteiger charge is -2.06. The molecule has 0 aliphatic rings. The van der Waals surface area contributed by atoms with Crippen LogP contribution in [0.25, 0.3) is 0 Å². The van der Waals surface area contributed by atoms with E-state index < -0.39 is 11.6 Å². The maximum atomic E-state index is 13.3. The van der Waals surface area contributed by atoms with Gasteiger partial charge in [0.15, 0.2) is 11.6 Å². The van der Waals surface area contributed by atoms with Gasteiger partial charge in [0.05, 0.1) is 0 Å². The Bertz CT molecular complexity index is 542. The van der Waals surface area contributed by atoms with Crippen LogP contribution in [0.3, 0.4) is 0 Å². The Morgan fingerprint density at radius 2 is 1.88 bits per heavy atom. The summed E-state index contributed by atoms with van der Waals surface area (Å²) in [6.45, 7) is 0. The minimum absolute atomic E-state index is 0.0560. The van der Waals surface area contributed by atoms with E-state index in [4.69, 9.17) is 16.2 Å². The molecule has 2 rings (SSSR count). The van der Waals surface area contributed by atoms with Gasteiger partial charge in [-0.1, -0.05) is 6.07 Å². The van der Waals surface area contributed by atoms with Crippen LogP contribution in [0.5, 0.6) is 11.6 Å². The summed E-state index contributed by atoms with van der Waals surface area (Å²) in [5.41, 5.74) is 10.7. The zero-order valence-corrected chi connectivity index (χ0v) is 8.52. The van der Waals surface area contributed by atoms with Crippen molar-refractivity contribution in [2.24, 2.45) is 0 Å². The number of ether oxygens (including phenoxy) is 1. The van der Waals surface area contributed by atoms with Crippen LogP contribution in [0.2, 0.25) is 0 Å². The highest BCUT2D eigenvalue weighted by atomic mass is 19.2. The predicted octanol–water partition coefficient (Wildman–Crippen LogP) is 1.71. The molecule has 7 heteroatoms. The molecule has 0 amide bonds. The molecule has 0 bridgehead atoms. The first-order valence-electron chi connectivity index (χ1n) is 4.58. The zero-order chi connectivity index (χ0) is 12.4. The molecule has 5 nitrogen and oxygen atoms in total. The van der Waals surface area contributed by atoms with Crippen LogP contribution in [0.15, 0.2) is 24.3 Å². The number of hydrogen-bond donors (Lipinski definition) is 2. The number of nitrogens with zero attached hydrogens (tertiary/aromatic N) is 2. The Hall–Kier alpha value is -2.44. The van der Waals surface area contributed by atoms with Gasteiger partial charge in [0, 0.05) is 6.07 Å². The maximum absolute atomic E-state index is 13.3. The molecular weight excluding hydrogens is 230 g/mol. The van der Waals surface area contributed by atoms with Crippen LogP contribution >= 0.6 is 0 Å². The summed E-state index contributed by atoms with van der Waals surface area (Å²) < 4.78 is 31.2. The fourth-order valence-electron chi connectivity index (χ4n) is 1.19. The molecule has 0 spiro atoms. The third-order valence-corrected chi connectivity index (χ3v) is 1.87. The summed E-state index contributed by atoms with van der Waals surface area (Å²) in [6, 6.07) is 4.79. The van der Waals surface area contributed by atoms with Gasteiger partial charge in [-0.2, -0.15) is 14.4 Å². The Labute approximate surface area is 95.1 Å². The van der Waals surface area contributed by atoms with Crippen molar-refractivity contribution in [3.05, 3.63) is 35.9 Å². The Kier molecular flexibility index (Phi) is 2.73. The monoisotopic (exact) mass is 238 g/mol. The van der Waals surface area contributed by atoms with Gasteiger partial charge in [-0.15, -0.1) is 0 Å². The summed E-state index contributed by atoms with van der Waals surface area (Å²) >= 11 is 0. The molecule has 2 aromatic rings. The summed E-state index contributed by atoms with van der Waals surface area (Å²) in [6.07, 6.45) is 0. The minimum Gasteiger partial charge on any atom is -0.436 e. The van der Waals surface area contributed by atoms with Crippen LogP contribution in [-0.2, 0) is 0 Å². The minimum atomic E-state index is -1.11. The molecule has 0 saturated heterocycles. The molecule has 0 fully saturated rings. The highest BCUT2D eigenvalue weighted by Gasteiger charge is 2.11. The van der Waals surface area contributed by atoms with E-state index in [0.29, 0.717) is 0 Å². The summed E-state index contributed by atoms with van der Waals surface area (Å²) in [7, 11) is 0. The number of hydrogen-bond acceptors (Lipinski definition) is 5.